The predicted molar refractivity (Wildman–Crippen MR) is 69.9 cm³/mol. The molecule has 2 heterocycles. The maximum atomic E-state index is 12.3. The molecule has 3 aromatic rings. The van der Waals surface area contributed by atoms with Gasteiger partial charge in [-0.1, -0.05) is 0 Å². The van der Waals surface area contributed by atoms with Crippen LogP contribution in [0.25, 0.3) is 19.4 Å². The number of aryl methyl sites for hydroxylation is 1. The summed E-state index contributed by atoms with van der Waals surface area (Å²) in [6.45, 7) is 0. The van der Waals surface area contributed by atoms with Crippen molar-refractivity contribution in [2.45, 2.75) is 0 Å². The first-order chi connectivity index (χ1) is 8.18. The van der Waals surface area contributed by atoms with E-state index in [4.69, 9.17) is 0 Å². The number of pyridine rings is 1. The molecule has 4 heteroatoms. The molecule has 2 aromatic heterocycles. The number of aromatic nitrogens is 1. The first-order valence-electron chi connectivity index (χ1n) is 5.20. The Morgan fingerprint density at radius 3 is 2.59 bits per heavy atom. The zero-order chi connectivity index (χ0) is 12.0. The molecule has 1 aromatic carbocycles. The average Bonchev–Trinajstić information content (AvgIpc) is 2.35. The van der Waals surface area contributed by atoms with E-state index in [-0.39, 0.29) is 25.5 Å². The van der Waals surface area contributed by atoms with E-state index in [1.54, 1.807) is 17.7 Å². The van der Waals surface area contributed by atoms with Crippen molar-refractivity contribution in [3.63, 3.8) is 0 Å². The van der Waals surface area contributed by atoms with E-state index < -0.39 is 0 Å². The Morgan fingerprint density at radius 2 is 1.76 bits per heavy atom. The third-order valence-corrected chi connectivity index (χ3v) is 5.49. The van der Waals surface area contributed by atoms with Gasteiger partial charge in [0, 0.05) is 0 Å². The van der Waals surface area contributed by atoms with E-state index in [9.17, 15) is 9.59 Å². The van der Waals surface area contributed by atoms with Crippen molar-refractivity contribution in [1.82, 2.24) is 4.57 Å². The molecular formula is C13H9NO2Se. The fraction of sp³-hybridized carbons (Fsp3) is 0.0769. The van der Waals surface area contributed by atoms with Crippen molar-refractivity contribution in [1.29, 1.82) is 0 Å². The van der Waals surface area contributed by atoms with Gasteiger partial charge in [0.2, 0.25) is 0 Å². The maximum absolute atomic E-state index is 12.3. The zero-order valence-electron chi connectivity index (χ0n) is 9.14. The van der Waals surface area contributed by atoms with E-state index in [0.29, 0.717) is 5.39 Å². The zero-order valence-corrected chi connectivity index (χ0v) is 10.8. The monoisotopic (exact) mass is 291 g/mol. The molecule has 84 valence electrons. The summed E-state index contributed by atoms with van der Waals surface area (Å²) < 4.78 is 3.51. The fourth-order valence-corrected chi connectivity index (χ4v) is 4.26. The third-order valence-electron chi connectivity index (χ3n) is 2.84. The molecule has 0 aliphatic heterocycles. The first kappa shape index (κ1) is 10.5. The Morgan fingerprint density at radius 1 is 1.00 bits per heavy atom. The van der Waals surface area contributed by atoms with E-state index in [1.807, 2.05) is 24.3 Å². The molecule has 0 unspecified atom stereocenters. The molecule has 0 bridgehead atoms. The standard InChI is InChI=1S/C13H9NO2Se/c1-14-11(15)7-6-9-12(16)8-4-2-3-5-10(8)17-13(9)14/h2-7H,1H3. The topological polar surface area (TPSA) is 39.1 Å². The molecule has 0 amide bonds. The number of rotatable bonds is 0. The van der Waals surface area contributed by atoms with Crippen LogP contribution in [0.1, 0.15) is 0 Å². The molecule has 0 N–H and O–H groups in total. The SMILES string of the molecule is Cn1c(=O)ccc2c(=O)c3ccccc3[se]c21. The summed E-state index contributed by atoms with van der Waals surface area (Å²) in [6, 6.07) is 10.7. The van der Waals surface area contributed by atoms with Crippen LogP contribution in [0, 0.1) is 0 Å². The summed E-state index contributed by atoms with van der Waals surface area (Å²) in [6.07, 6.45) is 0. The number of benzene rings is 1. The van der Waals surface area contributed by atoms with Crippen molar-refractivity contribution in [2.75, 3.05) is 0 Å². The van der Waals surface area contributed by atoms with Crippen molar-refractivity contribution < 1.29 is 0 Å². The van der Waals surface area contributed by atoms with Gasteiger partial charge in [0.1, 0.15) is 0 Å². The molecule has 0 atom stereocenters. The van der Waals surface area contributed by atoms with Crippen LogP contribution in [0.4, 0.5) is 0 Å². The normalized spacial score (nSPS) is 11.1. The van der Waals surface area contributed by atoms with Gasteiger partial charge in [-0.05, 0) is 0 Å². The first-order valence-corrected chi connectivity index (χ1v) is 6.91. The Bertz CT molecular complexity index is 845. The number of fused-ring (bicyclic) bond motifs is 2. The molecule has 17 heavy (non-hydrogen) atoms. The van der Waals surface area contributed by atoms with Crippen LogP contribution < -0.4 is 11.0 Å². The van der Waals surface area contributed by atoms with Gasteiger partial charge in [0.05, 0.1) is 0 Å². The molecular weight excluding hydrogens is 281 g/mol. The number of hydrogen-bond donors (Lipinski definition) is 0. The van der Waals surface area contributed by atoms with Gasteiger partial charge in [0.15, 0.2) is 0 Å². The third kappa shape index (κ3) is 1.49. The number of hydrogen-bond acceptors (Lipinski definition) is 2. The van der Waals surface area contributed by atoms with Crippen LogP contribution >= 0.6 is 0 Å². The van der Waals surface area contributed by atoms with Crippen molar-refractivity contribution in [3.8, 4) is 0 Å². The Hall–Kier alpha value is -1.64. The quantitative estimate of drug-likeness (QED) is 0.459. The van der Waals surface area contributed by atoms with Crippen LogP contribution in [0.5, 0.6) is 0 Å². The molecule has 0 aliphatic carbocycles. The van der Waals surface area contributed by atoms with E-state index in [1.165, 1.54) is 6.07 Å². The van der Waals surface area contributed by atoms with Gasteiger partial charge < -0.3 is 0 Å². The van der Waals surface area contributed by atoms with E-state index in [2.05, 4.69) is 0 Å². The second-order valence-electron chi connectivity index (χ2n) is 3.88. The van der Waals surface area contributed by atoms with Crippen LogP contribution in [0.3, 0.4) is 0 Å². The fourth-order valence-electron chi connectivity index (χ4n) is 1.91. The van der Waals surface area contributed by atoms with Crippen LogP contribution in [0.2, 0.25) is 0 Å². The summed E-state index contributed by atoms with van der Waals surface area (Å²) in [4.78, 5) is 23.8. The van der Waals surface area contributed by atoms with Gasteiger partial charge in [0.25, 0.3) is 0 Å². The van der Waals surface area contributed by atoms with Crippen molar-refractivity contribution in [2.24, 2.45) is 7.05 Å². The second kappa shape index (κ2) is 3.69. The van der Waals surface area contributed by atoms with Crippen LogP contribution in [-0.2, 0) is 7.05 Å². The summed E-state index contributed by atoms with van der Waals surface area (Å²) >= 11 is 0.0228. The van der Waals surface area contributed by atoms with Gasteiger partial charge in [-0.2, -0.15) is 0 Å². The molecule has 0 saturated heterocycles. The van der Waals surface area contributed by atoms with Crippen molar-refractivity contribution in [3.05, 3.63) is 57.0 Å². The second-order valence-corrected chi connectivity index (χ2v) is 6.04. The Balaban J connectivity index is 2.69. The molecule has 0 radical (unpaired) electrons. The minimum absolute atomic E-state index is 0.0228. The van der Waals surface area contributed by atoms with Crippen molar-refractivity contribution >= 4 is 33.9 Å². The molecule has 0 aliphatic rings. The van der Waals surface area contributed by atoms with Gasteiger partial charge in [-0.25, -0.2) is 0 Å². The molecule has 0 fully saturated rings. The molecule has 0 spiro atoms. The summed E-state index contributed by atoms with van der Waals surface area (Å²) in [5, 5.41) is 1.45. The molecule has 3 rings (SSSR count). The summed E-state index contributed by atoms with van der Waals surface area (Å²) in [5.74, 6) is 0. The minimum atomic E-state index is -0.0576. The average molecular weight is 290 g/mol. The van der Waals surface area contributed by atoms with E-state index in [0.717, 1.165) is 14.0 Å². The molecule has 3 nitrogen and oxygen atoms in total. The van der Waals surface area contributed by atoms with Gasteiger partial charge in [-0.3, -0.25) is 0 Å². The summed E-state index contributed by atoms with van der Waals surface area (Å²) in [7, 11) is 1.73. The molecule has 0 saturated carbocycles. The van der Waals surface area contributed by atoms with Gasteiger partial charge in [-0.15, -0.1) is 0 Å². The Labute approximate surface area is 103 Å². The van der Waals surface area contributed by atoms with E-state index >= 15 is 0 Å². The van der Waals surface area contributed by atoms with Gasteiger partial charge >= 0.3 is 103 Å². The number of nitrogens with zero attached hydrogens (tertiary/aromatic N) is 1. The summed E-state index contributed by atoms with van der Waals surface area (Å²) in [5.41, 5.74) is -0.0304. The Kier molecular flexibility index (Phi) is 2.28. The predicted octanol–water partition coefficient (Wildman–Crippen LogP) is 1.11. The van der Waals surface area contributed by atoms with Crippen LogP contribution in [-0.4, -0.2) is 19.1 Å². The van der Waals surface area contributed by atoms with Crippen LogP contribution in [0.15, 0.2) is 46.0 Å².